The standard InChI is InChI=1S/C17H14ClFN6O4S/c1-10-2-5-12(6-3-10)30(28,29)24-23-17-15(25(26)27)16(20-9-21-17)22-11-4-7-14(19)13(18)8-11/h2-9,24H,1H3,(H2,20,21,22,23). The fourth-order valence-corrected chi connectivity index (χ4v) is 3.36. The average Bonchev–Trinajstić information content (AvgIpc) is 2.69. The van der Waals surface area contributed by atoms with Gasteiger partial charge in [-0.15, -0.1) is 4.83 Å². The van der Waals surface area contributed by atoms with E-state index in [4.69, 9.17) is 11.6 Å². The number of halogens is 2. The summed E-state index contributed by atoms with van der Waals surface area (Å²) in [5.74, 6) is -1.32. The second-order valence-corrected chi connectivity index (χ2v) is 8.06. The predicted molar refractivity (Wildman–Crippen MR) is 109 cm³/mol. The van der Waals surface area contributed by atoms with Gasteiger partial charge < -0.3 is 5.32 Å². The molecule has 1 aromatic heterocycles. The summed E-state index contributed by atoms with van der Waals surface area (Å²) < 4.78 is 38.1. The number of hydrogen-bond donors (Lipinski definition) is 3. The van der Waals surface area contributed by atoms with Crippen LogP contribution in [0.1, 0.15) is 5.56 Å². The van der Waals surface area contributed by atoms with E-state index in [9.17, 15) is 22.9 Å². The van der Waals surface area contributed by atoms with Gasteiger partial charge in [0, 0.05) is 5.69 Å². The summed E-state index contributed by atoms with van der Waals surface area (Å²) in [5, 5.41) is 14.0. The van der Waals surface area contributed by atoms with Gasteiger partial charge in [-0.25, -0.2) is 22.8 Å². The molecule has 2 aromatic carbocycles. The molecular formula is C17H14ClFN6O4S. The van der Waals surface area contributed by atoms with Gasteiger partial charge in [0.25, 0.3) is 10.0 Å². The van der Waals surface area contributed by atoms with E-state index in [1.165, 1.54) is 24.3 Å². The maximum absolute atomic E-state index is 13.3. The van der Waals surface area contributed by atoms with Crippen molar-refractivity contribution in [2.45, 2.75) is 11.8 Å². The first-order valence-electron chi connectivity index (χ1n) is 8.23. The van der Waals surface area contributed by atoms with E-state index >= 15 is 0 Å². The van der Waals surface area contributed by atoms with Crippen molar-refractivity contribution in [2.24, 2.45) is 0 Å². The van der Waals surface area contributed by atoms with Crippen molar-refractivity contribution in [3.63, 3.8) is 0 Å². The second kappa shape index (κ2) is 8.57. The van der Waals surface area contributed by atoms with Crippen LogP contribution in [0.25, 0.3) is 0 Å². The number of nitro groups is 1. The van der Waals surface area contributed by atoms with Gasteiger partial charge in [-0.3, -0.25) is 15.5 Å². The van der Waals surface area contributed by atoms with E-state index < -0.39 is 32.3 Å². The van der Waals surface area contributed by atoms with Gasteiger partial charge in [0.1, 0.15) is 12.1 Å². The van der Waals surface area contributed by atoms with Crippen molar-refractivity contribution in [1.82, 2.24) is 14.8 Å². The van der Waals surface area contributed by atoms with Gasteiger partial charge in [-0.05, 0) is 37.3 Å². The molecule has 0 aliphatic rings. The molecule has 3 aromatic rings. The van der Waals surface area contributed by atoms with E-state index in [2.05, 4.69) is 20.7 Å². The second-order valence-electron chi connectivity index (χ2n) is 5.97. The lowest BCUT2D eigenvalue weighted by atomic mass is 10.2. The molecule has 13 heteroatoms. The van der Waals surface area contributed by atoms with Gasteiger partial charge in [0.05, 0.1) is 14.8 Å². The van der Waals surface area contributed by atoms with Crippen LogP contribution in [0.4, 0.5) is 27.4 Å². The van der Waals surface area contributed by atoms with E-state index in [-0.39, 0.29) is 21.4 Å². The number of anilines is 3. The van der Waals surface area contributed by atoms with Gasteiger partial charge in [0.15, 0.2) is 0 Å². The molecule has 3 rings (SSSR count). The highest BCUT2D eigenvalue weighted by Gasteiger charge is 2.25. The van der Waals surface area contributed by atoms with Crippen molar-refractivity contribution < 1.29 is 17.7 Å². The zero-order valence-corrected chi connectivity index (χ0v) is 16.8. The Bertz CT molecular complexity index is 1210. The molecule has 0 saturated carbocycles. The molecule has 30 heavy (non-hydrogen) atoms. The number of sulfonamides is 1. The number of nitrogens with zero attached hydrogens (tertiary/aromatic N) is 3. The first-order chi connectivity index (χ1) is 14.2. The lowest BCUT2D eigenvalue weighted by Crippen LogP contribution is -2.30. The third-order valence-corrected chi connectivity index (χ3v) is 5.38. The highest BCUT2D eigenvalue weighted by molar-refractivity contribution is 7.89. The third kappa shape index (κ3) is 4.79. The number of hydrogen-bond acceptors (Lipinski definition) is 8. The van der Waals surface area contributed by atoms with Gasteiger partial charge in [-0.1, -0.05) is 29.3 Å². The molecule has 0 radical (unpaired) electrons. The smallest absolute Gasteiger partial charge is 0.334 e. The normalized spacial score (nSPS) is 11.2. The molecule has 1 heterocycles. The molecule has 0 aliphatic heterocycles. The molecule has 156 valence electrons. The summed E-state index contributed by atoms with van der Waals surface area (Å²) in [6.45, 7) is 1.80. The Morgan fingerprint density at radius 1 is 1.10 bits per heavy atom. The zero-order valence-electron chi connectivity index (χ0n) is 15.3. The predicted octanol–water partition coefficient (Wildman–Crippen LogP) is 3.53. The van der Waals surface area contributed by atoms with E-state index in [0.29, 0.717) is 0 Å². The van der Waals surface area contributed by atoms with Crippen molar-refractivity contribution >= 4 is 44.6 Å². The van der Waals surface area contributed by atoms with Crippen molar-refractivity contribution in [2.75, 3.05) is 10.7 Å². The lowest BCUT2D eigenvalue weighted by molar-refractivity contribution is -0.383. The van der Waals surface area contributed by atoms with Crippen LogP contribution >= 0.6 is 11.6 Å². The maximum atomic E-state index is 13.3. The molecule has 0 unspecified atom stereocenters. The number of benzene rings is 2. The van der Waals surface area contributed by atoms with Crippen LogP contribution in [-0.4, -0.2) is 23.3 Å². The lowest BCUT2D eigenvalue weighted by Gasteiger charge is -2.11. The summed E-state index contributed by atoms with van der Waals surface area (Å²) in [6.07, 6.45) is 0.989. The molecule has 0 atom stereocenters. The molecule has 0 amide bonds. The van der Waals surface area contributed by atoms with E-state index in [1.54, 1.807) is 19.1 Å². The zero-order chi connectivity index (χ0) is 21.9. The Morgan fingerprint density at radius 2 is 1.77 bits per heavy atom. The molecule has 0 spiro atoms. The minimum absolute atomic E-state index is 0.0448. The van der Waals surface area contributed by atoms with Crippen molar-refractivity contribution in [1.29, 1.82) is 0 Å². The Labute approximate surface area is 175 Å². The third-order valence-electron chi connectivity index (χ3n) is 3.82. The van der Waals surface area contributed by atoms with Crippen LogP contribution in [0.3, 0.4) is 0 Å². The Kier molecular flexibility index (Phi) is 6.10. The van der Waals surface area contributed by atoms with Crippen LogP contribution in [-0.2, 0) is 10.0 Å². The van der Waals surface area contributed by atoms with Gasteiger partial charge in [-0.2, -0.15) is 0 Å². The summed E-state index contributed by atoms with van der Waals surface area (Å²) in [4.78, 5) is 20.3. The van der Waals surface area contributed by atoms with Crippen LogP contribution < -0.4 is 15.6 Å². The number of hydrazine groups is 1. The Hall–Kier alpha value is -3.35. The van der Waals surface area contributed by atoms with Gasteiger partial charge in [0.2, 0.25) is 11.6 Å². The number of nitrogens with one attached hydrogen (secondary N) is 3. The van der Waals surface area contributed by atoms with E-state index in [1.807, 2.05) is 4.83 Å². The van der Waals surface area contributed by atoms with Crippen LogP contribution in [0.2, 0.25) is 5.02 Å². The molecular weight excluding hydrogens is 439 g/mol. The molecule has 0 fully saturated rings. The van der Waals surface area contributed by atoms with E-state index in [0.717, 1.165) is 18.0 Å². The highest BCUT2D eigenvalue weighted by atomic mass is 35.5. The average molecular weight is 453 g/mol. The van der Waals surface area contributed by atoms with Crippen molar-refractivity contribution in [3.8, 4) is 0 Å². The quantitative estimate of drug-likeness (QED) is 0.365. The molecule has 0 aliphatic carbocycles. The summed E-state index contributed by atoms with van der Waals surface area (Å²) >= 11 is 5.71. The molecule has 3 N–H and O–H groups in total. The minimum atomic E-state index is -4.02. The largest absolute Gasteiger partial charge is 0.354 e. The minimum Gasteiger partial charge on any atom is -0.334 e. The Balaban J connectivity index is 1.88. The molecule has 0 saturated heterocycles. The van der Waals surface area contributed by atoms with Crippen molar-refractivity contribution in [3.05, 3.63) is 75.3 Å². The monoisotopic (exact) mass is 452 g/mol. The maximum Gasteiger partial charge on any atom is 0.354 e. The summed E-state index contributed by atoms with van der Waals surface area (Å²) in [6, 6.07) is 9.59. The van der Waals surface area contributed by atoms with Crippen LogP contribution in [0.15, 0.2) is 53.7 Å². The fraction of sp³-hybridized carbons (Fsp3) is 0.0588. The summed E-state index contributed by atoms with van der Waals surface area (Å²) in [5.41, 5.74) is 2.70. The van der Waals surface area contributed by atoms with Crippen LogP contribution in [0, 0.1) is 22.9 Å². The highest BCUT2D eigenvalue weighted by Crippen LogP contribution is 2.31. The number of rotatable bonds is 7. The van der Waals surface area contributed by atoms with Gasteiger partial charge >= 0.3 is 5.69 Å². The summed E-state index contributed by atoms with van der Waals surface area (Å²) in [7, 11) is -4.02. The number of aryl methyl sites for hydroxylation is 1. The molecule has 10 nitrogen and oxygen atoms in total. The van der Waals surface area contributed by atoms with Crippen LogP contribution in [0.5, 0.6) is 0 Å². The first kappa shape index (κ1) is 21.4. The topological polar surface area (TPSA) is 139 Å². The molecule has 0 bridgehead atoms. The SMILES string of the molecule is Cc1ccc(S(=O)(=O)NNc2ncnc(Nc3ccc(F)c(Cl)c3)c2[N+](=O)[O-])cc1. The fourth-order valence-electron chi connectivity index (χ4n) is 2.34. The number of aromatic nitrogens is 2. The Morgan fingerprint density at radius 3 is 2.40 bits per heavy atom. The first-order valence-corrected chi connectivity index (χ1v) is 10.1.